The molecule has 3 nitrogen and oxygen atoms in total. The van der Waals surface area contributed by atoms with E-state index in [2.05, 4.69) is 29.2 Å². The summed E-state index contributed by atoms with van der Waals surface area (Å²) >= 11 is 0. The molecule has 0 spiro atoms. The Balaban J connectivity index is 0.00000240. The number of hydrogen-bond acceptors (Lipinski definition) is 2. The van der Waals surface area contributed by atoms with Gasteiger partial charge in [0.15, 0.2) is 0 Å². The quantitative estimate of drug-likeness (QED) is 0.729. The SMILES string of the molecule is Cl.O=C(CCc1ccc(C(F)(F)F)cc1)N1CC(N2CCc3ccccc3C2)C1. The lowest BCUT2D eigenvalue weighted by molar-refractivity contribution is -0.139. The van der Waals surface area contributed by atoms with Crippen LogP contribution in [-0.2, 0) is 30.4 Å². The van der Waals surface area contributed by atoms with Crippen LogP contribution in [0.1, 0.15) is 28.7 Å². The Morgan fingerprint density at radius 2 is 1.66 bits per heavy atom. The number of benzene rings is 2. The van der Waals surface area contributed by atoms with E-state index in [1.807, 2.05) is 4.90 Å². The minimum atomic E-state index is -4.32. The highest BCUT2D eigenvalue weighted by Crippen LogP contribution is 2.29. The minimum Gasteiger partial charge on any atom is -0.339 e. The van der Waals surface area contributed by atoms with Gasteiger partial charge in [-0.3, -0.25) is 9.69 Å². The zero-order chi connectivity index (χ0) is 19.7. The predicted octanol–water partition coefficient (Wildman–Crippen LogP) is 4.33. The van der Waals surface area contributed by atoms with Crippen LogP contribution in [0, 0.1) is 0 Å². The molecule has 0 bridgehead atoms. The second kappa shape index (κ2) is 8.76. The number of carbonyl (C=O) groups is 1. The van der Waals surface area contributed by atoms with Crippen LogP contribution >= 0.6 is 12.4 Å². The molecule has 2 aliphatic heterocycles. The summed E-state index contributed by atoms with van der Waals surface area (Å²) in [5.74, 6) is 0.0774. The number of hydrogen-bond donors (Lipinski definition) is 0. The normalized spacial score (nSPS) is 17.3. The van der Waals surface area contributed by atoms with E-state index in [1.54, 1.807) is 0 Å². The van der Waals surface area contributed by atoms with Crippen LogP contribution in [0.15, 0.2) is 48.5 Å². The summed E-state index contributed by atoms with van der Waals surface area (Å²) in [6, 6.07) is 14.0. The van der Waals surface area contributed by atoms with Crippen molar-refractivity contribution in [2.45, 2.75) is 38.0 Å². The molecular weight excluding hydrogens is 401 g/mol. The second-order valence-electron chi connectivity index (χ2n) is 7.64. The van der Waals surface area contributed by atoms with Crippen LogP contribution in [0.4, 0.5) is 13.2 Å². The Labute approximate surface area is 174 Å². The Kier molecular flexibility index (Phi) is 6.54. The third-order valence-electron chi connectivity index (χ3n) is 5.80. The first-order valence-electron chi connectivity index (χ1n) is 9.65. The molecule has 2 aromatic carbocycles. The van der Waals surface area contributed by atoms with Crippen LogP contribution in [0.3, 0.4) is 0 Å². The van der Waals surface area contributed by atoms with Gasteiger partial charge in [-0.05, 0) is 41.7 Å². The Morgan fingerprint density at radius 3 is 2.31 bits per heavy atom. The van der Waals surface area contributed by atoms with Crippen molar-refractivity contribution in [1.82, 2.24) is 9.80 Å². The number of halogens is 4. The van der Waals surface area contributed by atoms with Crippen LogP contribution in [0.5, 0.6) is 0 Å². The highest BCUT2D eigenvalue weighted by molar-refractivity contribution is 5.85. The van der Waals surface area contributed by atoms with E-state index in [-0.39, 0.29) is 18.3 Å². The topological polar surface area (TPSA) is 23.6 Å². The van der Waals surface area contributed by atoms with E-state index in [0.29, 0.717) is 18.9 Å². The summed E-state index contributed by atoms with van der Waals surface area (Å²) in [6.45, 7) is 3.45. The van der Waals surface area contributed by atoms with E-state index in [9.17, 15) is 18.0 Å². The van der Waals surface area contributed by atoms with Crippen molar-refractivity contribution < 1.29 is 18.0 Å². The average Bonchev–Trinajstić information content (AvgIpc) is 2.65. The highest BCUT2D eigenvalue weighted by Gasteiger charge is 2.35. The van der Waals surface area contributed by atoms with Gasteiger partial charge in [-0.1, -0.05) is 36.4 Å². The van der Waals surface area contributed by atoms with Crippen molar-refractivity contribution in [2.24, 2.45) is 0 Å². The molecule has 0 aliphatic carbocycles. The Morgan fingerprint density at radius 1 is 1.00 bits per heavy atom. The number of likely N-dealkylation sites (tertiary alicyclic amines) is 1. The van der Waals surface area contributed by atoms with Crippen molar-refractivity contribution in [1.29, 1.82) is 0 Å². The lowest BCUT2D eigenvalue weighted by Crippen LogP contribution is -2.61. The van der Waals surface area contributed by atoms with E-state index in [1.165, 1.54) is 23.3 Å². The summed E-state index contributed by atoms with van der Waals surface area (Å²) in [4.78, 5) is 16.7. The van der Waals surface area contributed by atoms with E-state index < -0.39 is 11.7 Å². The maximum absolute atomic E-state index is 12.6. The maximum Gasteiger partial charge on any atom is 0.416 e. The molecule has 0 saturated carbocycles. The first-order chi connectivity index (χ1) is 13.4. The molecule has 2 heterocycles. The van der Waals surface area contributed by atoms with Gasteiger partial charge in [0.2, 0.25) is 5.91 Å². The minimum absolute atomic E-state index is 0. The summed E-state index contributed by atoms with van der Waals surface area (Å²) in [7, 11) is 0. The van der Waals surface area contributed by atoms with Gasteiger partial charge in [0.25, 0.3) is 0 Å². The van der Waals surface area contributed by atoms with Crippen molar-refractivity contribution in [3.8, 4) is 0 Å². The van der Waals surface area contributed by atoms with Crippen LogP contribution < -0.4 is 0 Å². The average molecular weight is 425 g/mol. The fourth-order valence-electron chi connectivity index (χ4n) is 3.99. The van der Waals surface area contributed by atoms with Crippen molar-refractivity contribution in [2.75, 3.05) is 19.6 Å². The molecular formula is C22H24ClF3N2O. The first-order valence-corrected chi connectivity index (χ1v) is 9.65. The van der Waals surface area contributed by atoms with Gasteiger partial charge in [-0.25, -0.2) is 0 Å². The Bertz CT molecular complexity index is 848. The number of aryl methyl sites for hydroxylation is 1. The zero-order valence-electron chi connectivity index (χ0n) is 16.0. The summed E-state index contributed by atoms with van der Waals surface area (Å²) in [6.07, 6.45) is -2.47. The molecule has 0 atom stereocenters. The molecule has 2 aliphatic rings. The summed E-state index contributed by atoms with van der Waals surface area (Å²) < 4.78 is 37.8. The predicted molar refractivity (Wildman–Crippen MR) is 108 cm³/mol. The number of carbonyl (C=O) groups excluding carboxylic acids is 1. The van der Waals surface area contributed by atoms with Gasteiger partial charge < -0.3 is 4.90 Å². The lowest BCUT2D eigenvalue weighted by Gasteiger charge is -2.47. The van der Waals surface area contributed by atoms with Gasteiger partial charge in [0.1, 0.15) is 0 Å². The third-order valence-corrected chi connectivity index (χ3v) is 5.80. The zero-order valence-corrected chi connectivity index (χ0v) is 16.8. The summed E-state index contributed by atoms with van der Waals surface area (Å²) in [5, 5.41) is 0. The third kappa shape index (κ3) is 4.93. The molecule has 0 radical (unpaired) electrons. The number of fused-ring (bicyclic) bond motifs is 1. The van der Waals surface area contributed by atoms with Crippen LogP contribution in [0.2, 0.25) is 0 Å². The molecule has 1 amide bonds. The number of nitrogens with zero attached hydrogens (tertiary/aromatic N) is 2. The molecule has 7 heteroatoms. The first kappa shape index (κ1) is 21.7. The van der Waals surface area contributed by atoms with Crippen molar-refractivity contribution >= 4 is 18.3 Å². The maximum atomic E-state index is 12.6. The number of rotatable bonds is 4. The van der Waals surface area contributed by atoms with Gasteiger partial charge in [-0.2, -0.15) is 13.2 Å². The molecule has 2 aromatic rings. The van der Waals surface area contributed by atoms with E-state index >= 15 is 0 Å². The van der Waals surface area contributed by atoms with Crippen LogP contribution in [-0.4, -0.2) is 41.4 Å². The van der Waals surface area contributed by atoms with Gasteiger partial charge >= 0.3 is 6.18 Å². The largest absolute Gasteiger partial charge is 0.416 e. The molecule has 4 rings (SSSR count). The standard InChI is InChI=1S/C22H23F3N2O.ClH/c23-22(24,25)19-8-5-16(6-9-19)7-10-21(28)27-14-20(15-27)26-12-11-17-3-1-2-4-18(17)13-26;/h1-6,8-9,20H,7,10-15H2;1H. The highest BCUT2D eigenvalue weighted by atomic mass is 35.5. The molecule has 1 saturated heterocycles. The number of amides is 1. The smallest absolute Gasteiger partial charge is 0.339 e. The lowest BCUT2D eigenvalue weighted by atomic mass is 9.96. The van der Waals surface area contributed by atoms with Gasteiger partial charge in [-0.15, -0.1) is 12.4 Å². The van der Waals surface area contributed by atoms with Crippen LogP contribution in [0.25, 0.3) is 0 Å². The molecule has 0 N–H and O–H groups in total. The van der Waals surface area contributed by atoms with Crippen molar-refractivity contribution in [3.05, 3.63) is 70.8 Å². The second-order valence-corrected chi connectivity index (χ2v) is 7.64. The molecule has 0 unspecified atom stereocenters. The van der Waals surface area contributed by atoms with Gasteiger partial charge in [0, 0.05) is 38.6 Å². The van der Waals surface area contributed by atoms with E-state index in [4.69, 9.17) is 0 Å². The molecule has 29 heavy (non-hydrogen) atoms. The molecule has 0 aromatic heterocycles. The Hall–Kier alpha value is -2.05. The fourth-order valence-corrected chi connectivity index (χ4v) is 3.99. The number of alkyl halides is 3. The molecule has 1 fully saturated rings. The molecule has 156 valence electrons. The van der Waals surface area contributed by atoms with Crippen molar-refractivity contribution in [3.63, 3.8) is 0 Å². The van der Waals surface area contributed by atoms with E-state index in [0.717, 1.165) is 50.3 Å². The fraction of sp³-hybridized carbons (Fsp3) is 0.409. The summed E-state index contributed by atoms with van der Waals surface area (Å²) in [5.41, 5.74) is 2.89. The monoisotopic (exact) mass is 424 g/mol. The van der Waals surface area contributed by atoms with Gasteiger partial charge in [0.05, 0.1) is 5.56 Å².